The SMILES string of the molecule is Ic1cc(I)c(OC2CCCC2)c(I)c1. The fourth-order valence-corrected chi connectivity index (χ4v) is 5.65. The minimum absolute atomic E-state index is 0.451. The molecule has 15 heavy (non-hydrogen) atoms. The number of rotatable bonds is 2. The zero-order valence-corrected chi connectivity index (χ0v) is 14.6. The maximum absolute atomic E-state index is 6.07. The molecule has 0 radical (unpaired) electrons. The molecule has 0 N–H and O–H groups in total. The van der Waals surface area contributed by atoms with E-state index in [9.17, 15) is 0 Å². The van der Waals surface area contributed by atoms with Crippen molar-refractivity contribution in [1.82, 2.24) is 0 Å². The van der Waals surface area contributed by atoms with Crippen LogP contribution in [-0.2, 0) is 0 Å². The number of hydrogen-bond acceptors (Lipinski definition) is 1. The van der Waals surface area contributed by atoms with Crippen molar-refractivity contribution in [3.05, 3.63) is 22.8 Å². The molecule has 1 nitrogen and oxygen atoms in total. The third-order valence-corrected chi connectivity index (χ3v) is 4.78. The van der Waals surface area contributed by atoms with Crippen LogP contribution in [-0.4, -0.2) is 6.10 Å². The van der Waals surface area contributed by atoms with Gasteiger partial charge in [-0.05, 0) is 106 Å². The van der Waals surface area contributed by atoms with E-state index in [0.717, 1.165) is 5.75 Å². The maximum atomic E-state index is 6.07. The molecule has 1 aromatic rings. The van der Waals surface area contributed by atoms with Crippen LogP contribution in [0.4, 0.5) is 0 Å². The van der Waals surface area contributed by atoms with E-state index in [2.05, 4.69) is 79.9 Å². The van der Waals surface area contributed by atoms with Crippen LogP contribution in [0.5, 0.6) is 5.75 Å². The van der Waals surface area contributed by atoms with Gasteiger partial charge in [0.2, 0.25) is 0 Å². The Kier molecular flexibility index (Phi) is 4.81. The van der Waals surface area contributed by atoms with Crippen LogP contribution in [0.1, 0.15) is 25.7 Å². The van der Waals surface area contributed by atoms with E-state index in [4.69, 9.17) is 4.74 Å². The van der Waals surface area contributed by atoms with E-state index in [-0.39, 0.29) is 0 Å². The summed E-state index contributed by atoms with van der Waals surface area (Å²) in [6.07, 6.45) is 5.54. The number of hydrogen-bond donors (Lipinski definition) is 0. The molecule has 1 aliphatic carbocycles. The molecule has 1 fully saturated rings. The summed E-state index contributed by atoms with van der Waals surface area (Å²) in [5.74, 6) is 1.09. The summed E-state index contributed by atoms with van der Waals surface area (Å²) in [4.78, 5) is 0. The van der Waals surface area contributed by atoms with E-state index in [1.54, 1.807) is 0 Å². The van der Waals surface area contributed by atoms with Gasteiger partial charge in [0.25, 0.3) is 0 Å². The first-order valence-corrected chi connectivity index (χ1v) is 8.21. The third kappa shape index (κ3) is 3.34. The monoisotopic (exact) mass is 540 g/mol. The average molecular weight is 540 g/mol. The van der Waals surface area contributed by atoms with E-state index < -0.39 is 0 Å². The Morgan fingerprint density at radius 3 is 2.07 bits per heavy atom. The molecular weight excluding hydrogens is 529 g/mol. The second-order valence-corrected chi connectivity index (χ2v) is 7.29. The zero-order valence-electron chi connectivity index (χ0n) is 8.10. The highest BCUT2D eigenvalue weighted by atomic mass is 127. The lowest BCUT2D eigenvalue weighted by Gasteiger charge is -2.16. The van der Waals surface area contributed by atoms with Gasteiger partial charge in [-0.25, -0.2) is 0 Å². The van der Waals surface area contributed by atoms with Gasteiger partial charge >= 0.3 is 0 Å². The van der Waals surface area contributed by atoms with E-state index in [1.807, 2.05) is 0 Å². The van der Waals surface area contributed by atoms with Crippen LogP contribution in [0.15, 0.2) is 12.1 Å². The van der Waals surface area contributed by atoms with Crippen LogP contribution < -0.4 is 4.74 Å². The summed E-state index contributed by atoms with van der Waals surface area (Å²) in [7, 11) is 0. The van der Waals surface area contributed by atoms with Gasteiger partial charge in [0.05, 0.1) is 13.2 Å². The molecule has 0 heterocycles. The Morgan fingerprint density at radius 1 is 1.00 bits per heavy atom. The summed E-state index contributed by atoms with van der Waals surface area (Å²) in [5.41, 5.74) is 0. The van der Waals surface area contributed by atoms with Crippen LogP contribution >= 0.6 is 67.8 Å². The van der Waals surface area contributed by atoms with Crippen molar-refractivity contribution in [2.24, 2.45) is 0 Å². The quantitative estimate of drug-likeness (QED) is 0.490. The molecule has 82 valence electrons. The second kappa shape index (κ2) is 5.70. The van der Waals surface area contributed by atoms with Crippen LogP contribution in [0.3, 0.4) is 0 Å². The van der Waals surface area contributed by atoms with Gasteiger partial charge in [-0.3, -0.25) is 0 Å². The van der Waals surface area contributed by atoms with E-state index in [0.29, 0.717) is 6.10 Å². The van der Waals surface area contributed by atoms with Crippen molar-refractivity contribution in [2.45, 2.75) is 31.8 Å². The standard InChI is InChI=1S/C11H11I3O/c12-7-5-9(13)11(10(14)6-7)15-8-3-1-2-4-8/h5-6,8H,1-4H2. The lowest BCUT2D eigenvalue weighted by molar-refractivity contribution is 0.207. The second-order valence-electron chi connectivity index (χ2n) is 3.72. The smallest absolute Gasteiger partial charge is 0.146 e. The van der Waals surface area contributed by atoms with E-state index >= 15 is 0 Å². The predicted octanol–water partition coefficient (Wildman–Crippen LogP) is 4.82. The molecule has 0 bridgehead atoms. The molecule has 0 aliphatic heterocycles. The zero-order chi connectivity index (χ0) is 10.8. The van der Waals surface area contributed by atoms with Crippen molar-refractivity contribution < 1.29 is 4.74 Å². The van der Waals surface area contributed by atoms with Gasteiger partial charge in [0.1, 0.15) is 5.75 Å². The van der Waals surface area contributed by atoms with Crippen molar-refractivity contribution in [3.8, 4) is 5.75 Å². The Balaban J connectivity index is 2.19. The van der Waals surface area contributed by atoms with Crippen molar-refractivity contribution in [2.75, 3.05) is 0 Å². The molecule has 0 spiro atoms. The molecule has 1 aromatic carbocycles. The lowest BCUT2D eigenvalue weighted by Crippen LogP contribution is -2.12. The van der Waals surface area contributed by atoms with Crippen molar-refractivity contribution in [1.29, 1.82) is 0 Å². The van der Waals surface area contributed by atoms with Gasteiger partial charge < -0.3 is 4.74 Å². The molecule has 0 aromatic heterocycles. The summed E-state index contributed by atoms with van der Waals surface area (Å²) in [6.45, 7) is 0. The summed E-state index contributed by atoms with van der Waals surface area (Å²) >= 11 is 7.07. The fourth-order valence-electron chi connectivity index (χ4n) is 1.81. The highest BCUT2D eigenvalue weighted by Crippen LogP contribution is 2.33. The molecule has 1 aliphatic rings. The lowest BCUT2D eigenvalue weighted by atomic mass is 10.3. The number of ether oxygens (including phenoxy) is 1. The van der Waals surface area contributed by atoms with Gasteiger partial charge in [0, 0.05) is 3.57 Å². The Labute approximate surface area is 131 Å². The fraction of sp³-hybridized carbons (Fsp3) is 0.455. The number of benzene rings is 1. The molecular formula is C11H11I3O. The highest BCUT2D eigenvalue weighted by Gasteiger charge is 2.19. The maximum Gasteiger partial charge on any atom is 0.146 e. The summed E-state index contributed by atoms with van der Waals surface area (Å²) < 4.78 is 9.82. The van der Waals surface area contributed by atoms with Crippen molar-refractivity contribution in [3.63, 3.8) is 0 Å². The summed E-state index contributed by atoms with van der Waals surface area (Å²) in [6, 6.07) is 4.35. The first-order valence-electron chi connectivity index (χ1n) is 4.98. The average Bonchev–Trinajstić information content (AvgIpc) is 2.63. The van der Waals surface area contributed by atoms with Gasteiger partial charge in [-0.2, -0.15) is 0 Å². The minimum atomic E-state index is 0.451. The third-order valence-electron chi connectivity index (χ3n) is 2.55. The van der Waals surface area contributed by atoms with Crippen LogP contribution in [0.25, 0.3) is 0 Å². The largest absolute Gasteiger partial charge is 0.488 e. The first kappa shape index (κ1) is 12.7. The van der Waals surface area contributed by atoms with Crippen LogP contribution in [0.2, 0.25) is 0 Å². The molecule has 1 saturated carbocycles. The first-order chi connectivity index (χ1) is 7.16. The predicted molar refractivity (Wildman–Crippen MR) is 87.5 cm³/mol. The van der Waals surface area contributed by atoms with Crippen molar-refractivity contribution >= 4 is 67.8 Å². The van der Waals surface area contributed by atoms with E-state index in [1.165, 1.54) is 36.4 Å². The minimum Gasteiger partial charge on any atom is -0.488 e. The number of halogens is 3. The molecule has 0 unspecified atom stereocenters. The van der Waals surface area contributed by atoms with Crippen LogP contribution in [0, 0.1) is 10.7 Å². The summed E-state index contributed by atoms with van der Waals surface area (Å²) in [5, 5.41) is 0. The molecule has 0 atom stereocenters. The Morgan fingerprint density at radius 2 is 1.53 bits per heavy atom. The Hall–Kier alpha value is 1.21. The van der Waals surface area contributed by atoms with Gasteiger partial charge in [-0.1, -0.05) is 0 Å². The molecule has 4 heteroatoms. The Bertz CT molecular complexity index is 336. The van der Waals surface area contributed by atoms with Gasteiger partial charge in [0.15, 0.2) is 0 Å². The highest BCUT2D eigenvalue weighted by molar-refractivity contribution is 14.1. The van der Waals surface area contributed by atoms with Gasteiger partial charge in [-0.15, -0.1) is 0 Å². The molecule has 0 amide bonds. The normalized spacial score (nSPS) is 17.0. The molecule has 0 saturated heterocycles. The topological polar surface area (TPSA) is 9.23 Å². The molecule has 2 rings (SSSR count).